The van der Waals surface area contributed by atoms with Crippen molar-refractivity contribution < 1.29 is 4.74 Å². The van der Waals surface area contributed by atoms with Crippen molar-refractivity contribution >= 4 is 5.82 Å². The molecule has 1 saturated carbocycles. The van der Waals surface area contributed by atoms with Crippen LogP contribution in [-0.4, -0.2) is 52.7 Å². The summed E-state index contributed by atoms with van der Waals surface area (Å²) in [5, 5.41) is 3.51. The molecule has 2 aromatic heterocycles. The zero-order valence-corrected chi connectivity index (χ0v) is 13.8. The van der Waals surface area contributed by atoms with E-state index in [2.05, 4.69) is 43.4 Å². The SMILES string of the molecule is c1cc([C@H](CNc2cc(C3CC3)ncn2)N2CCOCC2)ccn1. The molecule has 24 heavy (non-hydrogen) atoms. The second kappa shape index (κ2) is 7.23. The van der Waals surface area contributed by atoms with Crippen molar-refractivity contribution in [3.05, 3.63) is 48.2 Å². The Morgan fingerprint density at radius 3 is 2.71 bits per heavy atom. The van der Waals surface area contributed by atoms with Crippen LogP contribution in [-0.2, 0) is 4.74 Å². The number of pyridine rings is 1. The number of anilines is 1. The lowest BCUT2D eigenvalue weighted by Crippen LogP contribution is -2.41. The molecule has 6 heteroatoms. The Morgan fingerprint density at radius 2 is 1.96 bits per heavy atom. The quantitative estimate of drug-likeness (QED) is 0.879. The molecule has 3 heterocycles. The summed E-state index contributed by atoms with van der Waals surface area (Å²) in [6, 6.07) is 6.58. The molecular formula is C18H23N5O. The summed E-state index contributed by atoms with van der Waals surface area (Å²) in [5.74, 6) is 1.56. The van der Waals surface area contributed by atoms with E-state index in [0.29, 0.717) is 5.92 Å². The third-order valence-corrected chi connectivity index (χ3v) is 4.74. The summed E-state index contributed by atoms with van der Waals surface area (Å²) in [5.41, 5.74) is 2.44. The molecule has 2 aromatic rings. The van der Waals surface area contributed by atoms with Gasteiger partial charge in [-0.1, -0.05) is 0 Å². The van der Waals surface area contributed by atoms with Crippen molar-refractivity contribution in [3.8, 4) is 0 Å². The van der Waals surface area contributed by atoms with Gasteiger partial charge in [0.25, 0.3) is 0 Å². The van der Waals surface area contributed by atoms with E-state index < -0.39 is 0 Å². The summed E-state index contributed by atoms with van der Waals surface area (Å²) in [6.45, 7) is 4.30. The highest BCUT2D eigenvalue weighted by Crippen LogP contribution is 2.39. The van der Waals surface area contributed by atoms with Gasteiger partial charge in [0.15, 0.2) is 0 Å². The van der Waals surface area contributed by atoms with E-state index in [0.717, 1.165) is 38.7 Å². The molecule has 2 aliphatic rings. The Hall–Kier alpha value is -2.05. The van der Waals surface area contributed by atoms with Gasteiger partial charge in [0, 0.05) is 49.7 Å². The first-order chi connectivity index (χ1) is 11.9. The van der Waals surface area contributed by atoms with Gasteiger partial charge in [-0.2, -0.15) is 0 Å². The monoisotopic (exact) mass is 325 g/mol. The Labute approximate surface area is 142 Å². The summed E-state index contributed by atoms with van der Waals surface area (Å²) >= 11 is 0. The zero-order valence-electron chi connectivity index (χ0n) is 13.8. The first-order valence-electron chi connectivity index (χ1n) is 8.68. The molecule has 2 fully saturated rings. The summed E-state index contributed by atoms with van der Waals surface area (Å²) in [6.07, 6.45) is 7.90. The van der Waals surface area contributed by atoms with Crippen LogP contribution in [0.4, 0.5) is 5.82 Å². The Morgan fingerprint density at radius 1 is 1.17 bits per heavy atom. The van der Waals surface area contributed by atoms with Gasteiger partial charge in [-0.25, -0.2) is 9.97 Å². The Bertz CT molecular complexity index is 655. The maximum absolute atomic E-state index is 5.50. The molecule has 1 aliphatic heterocycles. The number of morpholine rings is 1. The third-order valence-electron chi connectivity index (χ3n) is 4.74. The van der Waals surface area contributed by atoms with E-state index in [1.807, 2.05) is 12.4 Å². The van der Waals surface area contributed by atoms with Crippen molar-refractivity contribution in [1.82, 2.24) is 19.9 Å². The first kappa shape index (κ1) is 15.5. The van der Waals surface area contributed by atoms with E-state index in [-0.39, 0.29) is 6.04 Å². The largest absolute Gasteiger partial charge is 0.379 e. The van der Waals surface area contributed by atoms with Crippen LogP contribution in [0.25, 0.3) is 0 Å². The molecule has 0 spiro atoms. The van der Waals surface area contributed by atoms with Gasteiger partial charge in [0.05, 0.1) is 19.3 Å². The summed E-state index contributed by atoms with van der Waals surface area (Å²) in [4.78, 5) is 15.4. The Balaban J connectivity index is 1.48. The van der Waals surface area contributed by atoms with Gasteiger partial charge >= 0.3 is 0 Å². The molecule has 1 atom stereocenters. The summed E-state index contributed by atoms with van der Waals surface area (Å²) < 4.78 is 5.50. The highest BCUT2D eigenvalue weighted by Gasteiger charge is 2.26. The lowest BCUT2D eigenvalue weighted by atomic mass is 10.1. The molecule has 1 saturated heterocycles. The van der Waals surface area contributed by atoms with Crippen LogP contribution in [0.1, 0.15) is 36.1 Å². The van der Waals surface area contributed by atoms with Gasteiger partial charge in [0.2, 0.25) is 0 Å². The van der Waals surface area contributed by atoms with E-state index in [4.69, 9.17) is 4.74 Å². The van der Waals surface area contributed by atoms with Gasteiger partial charge < -0.3 is 10.1 Å². The average Bonchev–Trinajstić information content (AvgIpc) is 3.49. The van der Waals surface area contributed by atoms with Crippen LogP contribution in [0.2, 0.25) is 0 Å². The average molecular weight is 325 g/mol. The number of aromatic nitrogens is 3. The van der Waals surface area contributed by atoms with E-state index in [1.165, 1.54) is 24.1 Å². The van der Waals surface area contributed by atoms with E-state index in [9.17, 15) is 0 Å². The minimum absolute atomic E-state index is 0.288. The highest BCUT2D eigenvalue weighted by atomic mass is 16.5. The van der Waals surface area contributed by atoms with Crippen molar-refractivity contribution in [2.45, 2.75) is 24.8 Å². The second-order valence-corrected chi connectivity index (χ2v) is 6.43. The molecule has 0 unspecified atom stereocenters. The van der Waals surface area contributed by atoms with Gasteiger partial charge in [0.1, 0.15) is 12.1 Å². The number of rotatable bonds is 6. The molecular weight excluding hydrogens is 302 g/mol. The van der Waals surface area contributed by atoms with Crippen LogP contribution in [0.15, 0.2) is 36.9 Å². The summed E-state index contributed by atoms with van der Waals surface area (Å²) in [7, 11) is 0. The lowest BCUT2D eigenvalue weighted by molar-refractivity contribution is 0.0187. The molecule has 0 aromatic carbocycles. The smallest absolute Gasteiger partial charge is 0.129 e. The van der Waals surface area contributed by atoms with Crippen LogP contribution in [0.3, 0.4) is 0 Å². The standard InChI is InChI=1S/C18H23N5O/c1-2-14(1)16-11-18(22-13-21-16)20-12-17(15-3-5-19-6-4-15)23-7-9-24-10-8-23/h3-6,11,13-14,17H,1-2,7-10,12H2,(H,20,21,22)/t17-/m0/s1. The molecule has 4 rings (SSSR count). The molecule has 1 N–H and O–H groups in total. The fourth-order valence-corrected chi connectivity index (χ4v) is 3.21. The number of hydrogen-bond donors (Lipinski definition) is 1. The normalized spacial score (nSPS) is 19.8. The highest BCUT2D eigenvalue weighted by molar-refractivity contribution is 5.37. The van der Waals surface area contributed by atoms with Crippen molar-refractivity contribution in [2.75, 3.05) is 38.2 Å². The molecule has 6 nitrogen and oxygen atoms in total. The van der Waals surface area contributed by atoms with Gasteiger partial charge in [-0.15, -0.1) is 0 Å². The predicted octanol–water partition coefficient (Wildman–Crippen LogP) is 2.23. The molecule has 1 aliphatic carbocycles. The molecule has 0 bridgehead atoms. The fraction of sp³-hybridized carbons (Fsp3) is 0.500. The van der Waals surface area contributed by atoms with Crippen molar-refractivity contribution in [2.24, 2.45) is 0 Å². The van der Waals surface area contributed by atoms with Crippen LogP contribution in [0.5, 0.6) is 0 Å². The number of nitrogens with zero attached hydrogens (tertiary/aromatic N) is 4. The molecule has 0 radical (unpaired) electrons. The number of ether oxygens (including phenoxy) is 1. The van der Waals surface area contributed by atoms with Crippen LogP contribution >= 0.6 is 0 Å². The minimum atomic E-state index is 0.288. The van der Waals surface area contributed by atoms with E-state index >= 15 is 0 Å². The van der Waals surface area contributed by atoms with Crippen molar-refractivity contribution in [1.29, 1.82) is 0 Å². The van der Waals surface area contributed by atoms with Crippen molar-refractivity contribution in [3.63, 3.8) is 0 Å². The molecule has 0 amide bonds. The first-order valence-corrected chi connectivity index (χ1v) is 8.68. The molecule has 126 valence electrons. The second-order valence-electron chi connectivity index (χ2n) is 6.43. The maximum Gasteiger partial charge on any atom is 0.129 e. The van der Waals surface area contributed by atoms with E-state index in [1.54, 1.807) is 6.33 Å². The predicted molar refractivity (Wildman–Crippen MR) is 91.9 cm³/mol. The van der Waals surface area contributed by atoms with Crippen LogP contribution < -0.4 is 5.32 Å². The third kappa shape index (κ3) is 3.71. The number of hydrogen-bond acceptors (Lipinski definition) is 6. The topological polar surface area (TPSA) is 63.2 Å². The minimum Gasteiger partial charge on any atom is -0.379 e. The van der Waals surface area contributed by atoms with Gasteiger partial charge in [-0.3, -0.25) is 9.88 Å². The lowest BCUT2D eigenvalue weighted by Gasteiger charge is -2.35. The zero-order chi connectivity index (χ0) is 16.2. The van der Waals surface area contributed by atoms with Gasteiger partial charge in [-0.05, 0) is 30.5 Å². The maximum atomic E-state index is 5.50. The Kier molecular flexibility index (Phi) is 4.66. The fourth-order valence-electron chi connectivity index (χ4n) is 3.21. The van der Waals surface area contributed by atoms with Crippen LogP contribution in [0, 0.1) is 0 Å². The number of nitrogens with one attached hydrogen (secondary N) is 1.